The van der Waals surface area contributed by atoms with E-state index < -0.39 is 5.41 Å². The fourth-order valence-electron chi connectivity index (χ4n) is 4.80. The van der Waals surface area contributed by atoms with Crippen molar-refractivity contribution in [3.8, 4) is 5.75 Å². The van der Waals surface area contributed by atoms with E-state index in [9.17, 15) is 9.90 Å². The lowest BCUT2D eigenvalue weighted by Crippen LogP contribution is -2.35. The molecule has 2 heteroatoms. The molecule has 136 valence electrons. The summed E-state index contributed by atoms with van der Waals surface area (Å²) < 4.78 is 0. The van der Waals surface area contributed by atoms with E-state index in [0.717, 1.165) is 40.7 Å². The van der Waals surface area contributed by atoms with Crippen molar-refractivity contribution in [3.63, 3.8) is 0 Å². The average molecular weight is 364 g/mol. The number of aromatic hydroxyl groups is 1. The number of ketones is 1. The third-order valence-corrected chi connectivity index (χ3v) is 5.92. The van der Waals surface area contributed by atoms with E-state index in [-0.39, 0.29) is 11.5 Å². The van der Waals surface area contributed by atoms with Gasteiger partial charge in [0.25, 0.3) is 0 Å². The number of carbonyl (C=O) groups excluding carboxylic acids is 1. The highest BCUT2D eigenvalue weighted by molar-refractivity contribution is 6.33. The van der Waals surface area contributed by atoms with Crippen molar-refractivity contribution in [2.24, 2.45) is 0 Å². The van der Waals surface area contributed by atoms with Gasteiger partial charge in [-0.25, -0.2) is 0 Å². The van der Waals surface area contributed by atoms with Gasteiger partial charge in [0.15, 0.2) is 5.78 Å². The van der Waals surface area contributed by atoms with Crippen molar-refractivity contribution < 1.29 is 9.90 Å². The maximum atomic E-state index is 14.2. The van der Waals surface area contributed by atoms with Crippen LogP contribution in [0.1, 0.15) is 29.5 Å². The van der Waals surface area contributed by atoms with E-state index in [1.165, 1.54) is 0 Å². The zero-order chi connectivity index (χ0) is 19.1. The predicted molar refractivity (Wildman–Crippen MR) is 111 cm³/mol. The molecule has 28 heavy (non-hydrogen) atoms. The van der Waals surface area contributed by atoms with E-state index in [4.69, 9.17) is 0 Å². The molecule has 2 aliphatic carbocycles. The normalized spacial score (nSPS) is 21.0. The molecule has 0 saturated heterocycles. The van der Waals surface area contributed by atoms with Gasteiger partial charge in [-0.15, -0.1) is 0 Å². The van der Waals surface area contributed by atoms with E-state index in [0.29, 0.717) is 5.56 Å². The molecular weight excluding hydrogens is 344 g/mol. The molecular formula is C26H20O2. The molecule has 0 aliphatic heterocycles. The summed E-state index contributed by atoms with van der Waals surface area (Å²) in [6.45, 7) is 0. The Morgan fingerprint density at radius 1 is 0.786 bits per heavy atom. The van der Waals surface area contributed by atoms with Crippen LogP contribution in [0.3, 0.4) is 0 Å². The van der Waals surface area contributed by atoms with Crippen LogP contribution in [0.25, 0.3) is 5.57 Å². The Labute approximate surface area is 164 Å². The maximum absolute atomic E-state index is 14.2. The number of phenolic OH excluding ortho intramolecular Hbond substituents is 1. The van der Waals surface area contributed by atoms with Crippen LogP contribution in [0.15, 0.2) is 102 Å². The summed E-state index contributed by atoms with van der Waals surface area (Å²) in [6.07, 6.45) is 3.95. The monoisotopic (exact) mass is 364 g/mol. The second kappa shape index (κ2) is 6.35. The third kappa shape index (κ3) is 2.18. The van der Waals surface area contributed by atoms with Crippen molar-refractivity contribution >= 4 is 11.4 Å². The summed E-state index contributed by atoms with van der Waals surface area (Å²) >= 11 is 0. The van der Waals surface area contributed by atoms with Gasteiger partial charge in [-0.05, 0) is 41.2 Å². The molecule has 1 N–H and O–H groups in total. The summed E-state index contributed by atoms with van der Waals surface area (Å²) in [7, 11) is 0. The van der Waals surface area contributed by atoms with Crippen LogP contribution in [0.5, 0.6) is 5.75 Å². The van der Waals surface area contributed by atoms with Gasteiger partial charge >= 0.3 is 0 Å². The molecule has 3 aromatic rings. The molecule has 5 rings (SSSR count). The van der Waals surface area contributed by atoms with Crippen molar-refractivity contribution in [2.45, 2.75) is 18.3 Å². The summed E-state index contributed by atoms with van der Waals surface area (Å²) in [5.74, 6) is 0.202. The lowest BCUT2D eigenvalue weighted by molar-refractivity contribution is -0.116. The first-order valence-corrected chi connectivity index (χ1v) is 9.63. The van der Waals surface area contributed by atoms with Crippen LogP contribution in [0.4, 0.5) is 0 Å². The number of carbonyl (C=O) groups is 1. The van der Waals surface area contributed by atoms with Gasteiger partial charge in [-0.2, -0.15) is 0 Å². The second-order valence-electron chi connectivity index (χ2n) is 7.34. The Kier molecular flexibility index (Phi) is 3.80. The van der Waals surface area contributed by atoms with Crippen molar-refractivity contribution in [1.29, 1.82) is 0 Å². The molecule has 1 atom stereocenters. The predicted octanol–water partition coefficient (Wildman–Crippen LogP) is 5.44. The van der Waals surface area contributed by atoms with Crippen LogP contribution in [0.2, 0.25) is 0 Å². The van der Waals surface area contributed by atoms with Gasteiger partial charge < -0.3 is 5.11 Å². The summed E-state index contributed by atoms with van der Waals surface area (Å²) in [5.41, 5.74) is 4.44. The van der Waals surface area contributed by atoms with Crippen LogP contribution >= 0.6 is 0 Å². The lowest BCUT2D eigenvalue weighted by atomic mass is 9.67. The quantitative estimate of drug-likeness (QED) is 0.672. The van der Waals surface area contributed by atoms with Crippen LogP contribution in [0, 0.1) is 0 Å². The minimum Gasteiger partial charge on any atom is -0.508 e. The number of hydrogen-bond acceptors (Lipinski definition) is 2. The molecule has 0 spiro atoms. The Hall–Kier alpha value is -3.39. The standard InChI is InChI=1S/C26H20O2/c27-23-17-8-7-15-22(23)26(19-12-5-2-6-13-19)21-16-9-14-20(21)24(25(26)28)18-10-3-1-4-11-18/h1-8,10-13,15-17,27H,9,14H2/t26-/m0/s1. The van der Waals surface area contributed by atoms with Gasteiger partial charge in [0.2, 0.25) is 0 Å². The molecule has 2 nitrogen and oxygen atoms in total. The highest BCUT2D eigenvalue weighted by Gasteiger charge is 2.55. The SMILES string of the molecule is O=C1C(c2ccccc2)=C2CCC=C2[C@@]1(c1ccccc1)c1ccccc1O. The number of benzene rings is 3. The summed E-state index contributed by atoms with van der Waals surface area (Å²) in [4.78, 5) is 14.2. The number of fused-ring (bicyclic) bond motifs is 1. The van der Waals surface area contributed by atoms with Gasteiger partial charge in [0.1, 0.15) is 11.2 Å². The van der Waals surface area contributed by atoms with Crippen LogP contribution < -0.4 is 0 Å². The molecule has 2 aliphatic rings. The largest absolute Gasteiger partial charge is 0.508 e. The van der Waals surface area contributed by atoms with Crippen LogP contribution in [-0.2, 0) is 10.2 Å². The topological polar surface area (TPSA) is 37.3 Å². The molecule has 0 bridgehead atoms. The molecule has 0 aromatic heterocycles. The minimum atomic E-state index is -0.996. The van der Waals surface area contributed by atoms with Crippen LogP contribution in [-0.4, -0.2) is 10.9 Å². The van der Waals surface area contributed by atoms with Gasteiger partial charge in [0, 0.05) is 11.1 Å². The lowest BCUT2D eigenvalue weighted by Gasteiger charge is -2.32. The second-order valence-corrected chi connectivity index (χ2v) is 7.34. The van der Waals surface area contributed by atoms with Gasteiger partial charge in [-0.1, -0.05) is 84.9 Å². The van der Waals surface area contributed by atoms with Gasteiger partial charge in [-0.3, -0.25) is 4.79 Å². The molecule has 0 saturated carbocycles. The Morgan fingerprint density at radius 3 is 2.14 bits per heavy atom. The summed E-state index contributed by atoms with van der Waals surface area (Å²) in [6, 6.07) is 27.0. The zero-order valence-electron chi connectivity index (χ0n) is 15.4. The molecule has 0 heterocycles. The first-order valence-electron chi connectivity index (χ1n) is 9.63. The Bertz CT molecular complexity index is 1120. The highest BCUT2D eigenvalue weighted by atomic mass is 16.3. The Balaban J connectivity index is 1.85. The molecule has 0 unspecified atom stereocenters. The smallest absolute Gasteiger partial charge is 0.183 e. The van der Waals surface area contributed by atoms with Crippen molar-refractivity contribution in [1.82, 2.24) is 0 Å². The summed E-state index contributed by atoms with van der Waals surface area (Å²) in [5, 5.41) is 10.8. The van der Waals surface area contributed by atoms with E-state index in [1.807, 2.05) is 72.8 Å². The zero-order valence-corrected chi connectivity index (χ0v) is 15.4. The molecule has 0 radical (unpaired) electrons. The minimum absolute atomic E-state index is 0.0485. The number of Topliss-reactive ketones (excluding diaryl/α,β-unsaturated/α-hetero) is 1. The number of allylic oxidation sites excluding steroid dienone is 4. The van der Waals surface area contributed by atoms with E-state index in [2.05, 4.69) is 6.08 Å². The van der Waals surface area contributed by atoms with Gasteiger partial charge in [0.05, 0.1) is 0 Å². The Morgan fingerprint density at radius 2 is 1.43 bits per heavy atom. The highest BCUT2D eigenvalue weighted by Crippen LogP contribution is 2.57. The van der Waals surface area contributed by atoms with Crippen molar-refractivity contribution in [2.75, 3.05) is 0 Å². The maximum Gasteiger partial charge on any atom is 0.183 e. The van der Waals surface area contributed by atoms with E-state index >= 15 is 0 Å². The van der Waals surface area contributed by atoms with Crippen molar-refractivity contribution in [3.05, 3.63) is 119 Å². The number of rotatable bonds is 3. The molecule has 3 aromatic carbocycles. The fraction of sp³-hybridized carbons (Fsp3) is 0.115. The third-order valence-electron chi connectivity index (χ3n) is 5.92. The number of phenols is 1. The van der Waals surface area contributed by atoms with E-state index in [1.54, 1.807) is 12.1 Å². The number of para-hydroxylation sites is 1. The number of hydrogen-bond donors (Lipinski definition) is 1. The molecule has 0 amide bonds. The fourth-order valence-corrected chi connectivity index (χ4v) is 4.80. The first kappa shape index (κ1) is 16.8. The first-order chi connectivity index (χ1) is 13.7. The average Bonchev–Trinajstić information content (AvgIpc) is 3.29. The molecule has 0 fully saturated rings.